The smallest absolute Gasteiger partial charge is 0.119 e. The summed E-state index contributed by atoms with van der Waals surface area (Å²) in [5.74, 6) is 0.866. The fourth-order valence-electron chi connectivity index (χ4n) is 2.30. The van der Waals surface area contributed by atoms with Crippen LogP contribution in [0.4, 0.5) is 5.69 Å². The van der Waals surface area contributed by atoms with Gasteiger partial charge in [0.15, 0.2) is 0 Å². The summed E-state index contributed by atoms with van der Waals surface area (Å²) < 4.78 is 5.20. The number of methoxy groups -OCH3 is 1. The van der Waals surface area contributed by atoms with Crippen LogP contribution in [0.2, 0.25) is 0 Å². The molecule has 0 aliphatic carbocycles. The molecule has 0 aromatic heterocycles. The van der Waals surface area contributed by atoms with Gasteiger partial charge in [0.25, 0.3) is 0 Å². The molecule has 0 radical (unpaired) electrons. The van der Waals surface area contributed by atoms with Gasteiger partial charge < -0.3 is 20.5 Å². The van der Waals surface area contributed by atoms with E-state index < -0.39 is 0 Å². The topological polar surface area (TPSA) is 58.7 Å². The van der Waals surface area contributed by atoms with Crippen LogP contribution in [-0.2, 0) is 6.42 Å². The molecule has 1 heterocycles. The maximum Gasteiger partial charge on any atom is 0.119 e. The molecule has 0 saturated heterocycles. The fraction of sp³-hybridized carbons (Fsp3) is 0.500. The third-order valence-electron chi connectivity index (χ3n) is 3.30. The Balaban J connectivity index is 2.27. The van der Waals surface area contributed by atoms with E-state index in [1.807, 2.05) is 25.2 Å². The molecule has 4 heteroatoms. The SMILES string of the molecule is COc1ccc2c(c1)CC(C(N)CO)N2C. The van der Waals surface area contributed by atoms with E-state index in [-0.39, 0.29) is 18.7 Å². The molecule has 2 atom stereocenters. The molecule has 4 nitrogen and oxygen atoms in total. The second-order valence-electron chi connectivity index (χ2n) is 4.22. The largest absolute Gasteiger partial charge is 0.497 e. The predicted molar refractivity (Wildman–Crippen MR) is 64.0 cm³/mol. The van der Waals surface area contributed by atoms with Crippen LogP contribution >= 0.6 is 0 Å². The normalized spacial score (nSPS) is 20.8. The van der Waals surface area contributed by atoms with Crippen LogP contribution in [-0.4, -0.2) is 38.0 Å². The summed E-state index contributed by atoms with van der Waals surface area (Å²) in [6, 6.07) is 5.99. The van der Waals surface area contributed by atoms with Crippen LogP contribution in [0, 0.1) is 0 Å². The van der Waals surface area contributed by atoms with Gasteiger partial charge in [-0.25, -0.2) is 0 Å². The van der Waals surface area contributed by atoms with Crippen LogP contribution in [0.1, 0.15) is 5.56 Å². The molecule has 0 saturated carbocycles. The maximum atomic E-state index is 9.12. The fourth-order valence-corrected chi connectivity index (χ4v) is 2.30. The van der Waals surface area contributed by atoms with Crippen molar-refractivity contribution in [3.8, 4) is 5.75 Å². The Kier molecular flexibility index (Phi) is 3.03. The van der Waals surface area contributed by atoms with Gasteiger partial charge in [0.05, 0.1) is 19.8 Å². The lowest BCUT2D eigenvalue weighted by Crippen LogP contribution is -2.46. The molecular weight excluding hydrogens is 204 g/mol. The molecule has 2 unspecified atom stereocenters. The van der Waals surface area contributed by atoms with Crippen molar-refractivity contribution in [2.24, 2.45) is 5.73 Å². The maximum absolute atomic E-state index is 9.12. The number of hydrogen-bond acceptors (Lipinski definition) is 4. The molecule has 0 spiro atoms. The summed E-state index contributed by atoms with van der Waals surface area (Å²) in [5, 5.41) is 9.12. The first-order valence-electron chi connectivity index (χ1n) is 5.43. The molecule has 1 aliphatic heterocycles. The Morgan fingerprint density at radius 1 is 1.62 bits per heavy atom. The van der Waals surface area contributed by atoms with Crippen LogP contribution < -0.4 is 15.4 Å². The van der Waals surface area contributed by atoms with Gasteiger partial charge in [0.2, 0.25) is 0 Å². The molecule has 88 valence electrons. The second-order valence-corrected chi connectivity index (χ2v) is 4.22. The van der Waals surface area contributed by atoms with Gasteiger partial charge in [-0.2, -0.15) is 0 Å². The minimum Gasteiger partial charge on any atom is -0.497 e. The molecular formula is C12H18N2O2. The van der Waals surface area contributed by atoms with Crippen molar-refractivity contribution in [1.29, 1.82) is 0 Å². The molecule has 0 fully saturated rings. The van der Waals surface area contributed by atoms with Gasteiger partial charge in [0.1, 0.15) is 5.75 Å². The molecule has 2 rings (SSSR count). The quantitative estimate of drug-likeness (QED) is 0.776. The van der Waals surface area contributed by atoms with E-state index in [0.29, 0.717) is 0 Å². The minimum absolute atomic E-state index is 0.0140. The number of aliphatic hydroxyl groups excluding tert-OH is 1. The van der Waals surface area contributed by atoms with Crippen LogP contribution in [0.25, 0.3) is 0 Å². The number of ether oxygens (including phenoxy) is 1. The molecule has 1 aliphatic rings. The van der Waals surface area contributed by atoms with Crippen molar-refractivity contribution < 1.29 is 9.84 Å². The van der Waals surface area contributed by atoms with Gasteiger partial charge in [0, 0.05) is 18.8 Å². The monoisotopic (exact) mass is 222 g/mol. The lowest BCUT2D eigenvalue weighted by Gasteiger charge is -2.26. The summed E-state index contributed by atoms with van der Waals surface area (Å²) in [7, 11) is 3.68. The van der Waals surface area contributed by atoms with Crippen LogP contribution in [0.3, 0.4) is 0 Å². The Bertz CT molecular complexity index is 381. The van der Waals surface area contributed by atoms with E-state index in [2.05, 4.69) is 4.90 Å². The van der Waals surface area contributed by atoms with E-state index in [0.717, 1.165) is 12.2 Å². The number of benzene rings is 1. The number of fused-ring (bicyclic) bond motifs is 1. The van der Waals surface area contributed by atoms with Crippen LogP contribution in [0.15, 0.2) is 18.2 Å². The minimum atomic E-state index is -0.205. The van der Waals surface area contributed by atoms with E-state index in [4.69, 9.17) is 15.6 Å². The average Bonchev–Trinajstić information content (AvgIpc) is 2.65. The van der Waals surface area contributed by atoms with Gasteiger partial charge in [-0.1, -0.05) is 0 Å². The first-order chi connectivity index (χ1) is 7.67. The van der Waals surface area contributed by atoms with Crippen LogP contribution in [0.5, 0.6) is 5.75 Å². The van der Waals surface area contributed by atoms with Crippen molar-refractivity contribution in [3.05, 3.63) is 23.8 Å². The van der Waals surface area contributed by atoms with Gasteiger partial charge in [-0.05, 0) is 30.2 Å². The number of likely N-dealkylation sites (N-methyl/N-ethyl adjacent to an activating group) is 1. The third-order valence-corrected chi connectivity index (χ3v) is 3.30. The van der Waals surface area contributed by atoms with E-state index in [1.54, 1.807) is 7.11 Å². The van der Waals surface area contributed by atoms with E-state index in [1.165, 1.54) is 11.3 Å². The zero-order chi connectivity index (χ0) is 11.7. The summed E-state index contributed by atoms with van der Waals surface area (Å²) in [5.41, 5.74) is 8.30. The van der Waals surface area contributed by atoms with Crippen molar-refractivity contribution in [2.75, 3.05) is 25.7 Å². The number of hydrogen-bond donors (Lipinski definition) is 2. The molecule has 0 amide bonds. The molecule has 1 aromatic rings. The van der Waals surface area contributed by atoms with Crippen molar-refractivity contribution in [3.63, 3.8) is 0 Å². The Morgan fingerprint density at radius 3 is 3.00 bits per heavy atom. The van der Waals surface area contributed by atoms with E-state index in [9.17, 15) is 0 Å². The molecule has 3 N–H and O–H groups in total. The number of anilines is 1. The number of aliphatic hydroxyl groups is 1. The van der Waals surface area contributed by atoms with Gasteiger partial charge in [-0.15, -0.1) is 0 Å². The van der Waals surface area contributed by atoms with Gasteiger partial charge >= 0.3 is 0 Å². The summed E-state index contributed by atoms with van der Waals surface area (Å²) >= 11 is 0. The molecule has 0 bridgehead atoms. The summed E-state index contributed by atoms with van der Waals surface area (Å²) in [4.78, 5) is 2.13. The third kappa shape index (κ3) is 1.74. The van der Waals surface area contributed by atoms with E-state index >= 15 is 0 Å². The van der Waals surface area contributed by atoms with Gasteiger partial charge in [-0.3, -0.25) is 0 Å². The lowest BCUT2D eigenvalue weighted by molar-refractivity contribution is 0.249. The van der Waals surface area contributed by atoms with Crippen molar-refractivity contribution in [1.82, 2.24) is 0 Å². The number of nitrogens with two attached hydrogens (primary N) is 1. The predicted octanol–water partition coefficient (Wildman–Crippen LogP) is 0.376. The van der Waals surface area contributed by atoms with Crippen molar-refractivity contribution in [2.45, 2.75) is 18.5 Å². The Hall–Kier alpha value is -1.26. The first-order valence-corrected chi connectivity index (χ1v) is 5.43. The second kappa shape index (κ2) is 4.31. The lowest BCUT2D eigenvalue weighted by atomic mass is 10.0. The summed E-state index contributed by atoms with van der Waals surface area (Å²) in [6.07, 6.45) is 0.866. The first kappa shape index (κ1) is 11.2. The highest BCUT2D eigenvalue weighted by atomic mass is 16.5. The highest BCUT2D eigenvalue weighted by molar-refractivity contribution is 5.61. The standard InChI is InChI=1S/C12H18N2O2/c1-14-11-4-3-9(16-2)5-8(11)6-12(14)10(13)7-15/h3-5,10,12,15H,6-7,13H2,1-2H3. The molecule has 16 heavy (non-hydrogen) atoms. The Labute approximate surface area is 95.6 Å². The molecule has 1 aromatic carbocycles. The summed E-state index contributed by atoms with van der Waals surface area (Å²) in [6.45, 7) is 0.0140. The highest BCUT2D eigenvalue weighted by Crippen LogP contribution is 2.34. The Morgan fingerprint density at radius 2 is 2.38 bits per heavy atom. The zero-order valence-corrected chi connectivity index (χ0v) is 9.68. The zero-order valence-electron chi connectivity index (χ0n) is 9.68. The highest BCUT2D eigenvalue weighted by Gasteiger charge is 2.30. The number of rotatable bonds is 3. The number of nitrogens with zero attached hydrogens (tertiary/aromatic N) is 1. The van der Waals surface area contributed by atoms with Crippen molar-refractivity contribution >= 4 is 5.69 Å². The average molecular weight is 222 g/mol.